The Balaban J connectivity index is 0.00000147. The van der Waals surface area contributed by atoms with Crippen molar-refractivity contribution < 1.29 is 4.79 Å². The predicted octanol–water partition coefficient (Wildman–Crippen LogP) is 2.54. The van der Waals surface area contributed by atoms with E-state index < -0.39 is 5.54 Å². The fourth-order valence-corrected chi connectivity index (χ4v) is 3.64. The Kier molecular flexibility index (Phi) is 4.40. The van der Waals surface area contributed by atoms with Crippen LogP contribution in [0.1, 0.15) is 31.7 Å². The Morgan fingerprint density at radius 2 is 1.75 bits per heavy atom. The molecule has 3 nitrogen and oxygen atoms in total. The van der Waals surface area contributed by atoms with E-state index in [1.165, 1.54) is 19.3 Å². The van der Waals surface area contributed by atoms with Crippen LogP contribution in [-0.2, 0) is 10.3 Å². The second-order valence-electron chi connectivity index (χ2n) is 6.23. The van der Waals surface area contributed by atoms with Crippen LogP contribution in [0.25, 0.3) is 0 Å². The number of hydrogen-bond acceptors (Lipinski definition) is 2. The molecule has 1 amide bonds. The lowest BCUT2D eigenvalue weighted by Gasteiger charge is -2.30. The zero-order chi connectivity index (χ0) is 13.5. The fraction of sp³-hybridized carbons (Fsp3) is 0.562. The SMILES string of the molecule is CC(N)(C(=O)N1CC2CCCC2C1)c1ccccc1.Cl. The third-order valence-corrected chi connectivity index (χ3v) is 4.83. The first-order chi connectivity index (χ1) is 9.09. The van der Waals surface area contributed by atoms with Gasteiger partial charge in [-0.15, -0.1) is 12.4 Å². The van der Waals surface area contributed by atoms with E-state index in [-0.39, 0.29) is 18.3 Å². The fourth-order valence-electron chi connectivity index (χ4n) is 3.64. The molecule has 4 heteroatoms. The molecule has 0 radical (unpaired) electrons. The second-order valence-corrected chi connectivity index (χ2v) is 6.23. The van der Waals surface area contributed by atoms with Crippen LogP contribution >= 0.6 is 12.4 Å². The molecule has 1 aromatic carbocycles. The monoisotopic (exact) mass is 294 g/mol. The summed E-state index contributed by atoms with van der Waals surface area (Å²) in [5.41, 5.74) is 6.32. The van der Waals surface area contributed by atoms with E-state index in [1.54, 1.807) is 0 Å². The summed E-state index contributed by atoms with van der Waals surface area (Å²) in [6.07, 6.45) is 3.89. The zero-order valence-electron chi connectivity index (χ0n) is 11.9. The number of carbonyl (C=O) groups excluding carboxylic acids is 1. The molecule has 2 N–H and O–H groups in total. The number of rotatable bonds is 2. The number of nitrogens with two attached hydrogens (primary N) is 1. The van der Waals surface area contributed by atoms with E-state index in [1.807, 2.05) is 42.2 Å². The highest BCUT2D eigenvalue weighted by Crippen LogP contribution is 2.38. The predicted molar refractivity (Wildman–Crippen MR) is 82.6 cm³/mol. The van der Waals surface area contributed by atoms with Crippen molar-refractivity contribution >= 4 is 18.3 Å². The van der Waals surface area contributed by atoms with Crippen LogP contribution in [-0.4, -0.2) is 23.9 Å². The summed E-state index contributed by atoms with van der Waals surface area (Å²) in [4.78, 5) is 14.7. The first-order valence-electron chi connectivity index (χ1n) is 7.23. The smallest absolute Gasteiger partial charge is 0.246 e. The third-order valence-electron chi connectivity index (χ3n) is 4.83. The Morgan fingerprint density at radius 3 is 2.30 bits per heavy atom. The molecule has 20 heavy (non-hydrogen) atoms. The molecule has 0 spiro atoms. The van der Waals surface area contributed by atoms with Gasteiger partial charge in [-0.05, 0) is 37.2 Å². The standard InChI is InChI=1S/C16H22N2O.ClH/c1-16(17,14-8-3-2-4-9-14)15(19)18-10-12-6-5-7-13(12)11-18;/h2-4,8-9,12-13H,5-7,10-11,17H2,1H3;1H. The lowest BCUT2D eigenvalue weighted by atomic mass is 9.91. The van der Waals surface area contributed by atoms with E-state index >= 15 is 0 Å². The van der Waals surface area contributed by atoms with Crippen LogP contribution < -0.4 is 5.73 Å². The topological polar surface area (TPSA) is 46.3 Å². The van der Waals surface area contributed by atoms with E-state index in [0.717, 1.165) is 30.5 Å². The van der Waals surface area contributed by atoms with Gasteiger partial charge in [0.2, 0.25) is 5.91 Å². The Hall–Kier alpha value is -1.06. The van der Waals surface area contributed by atoms with E-state index in [0.29, 0.717) is 0 Å². The van der Waals surface area contributed by atoms with Crippen LogP contribution in [0.4, 0.5) is 0 Å². The molecule has 2 fully saturated rings. The van der Waals surface area contributed by atoms with E-state index in [2.05, 4.69) is 0 Å². The van der Waals surface area contributed by atoms with Crippen molar-refractivity contribution in [1.29, 1.82) is 0 Å². The summed E-state index contributed by atoms with van der Waals surface area (Å²) in [5, 5.41) is 0. The molecule has 1 heterocycles. The molecule has 1 aliphatic carbocycles. The van der Waals surface area contributed by atoms with Crippen molar-refractivity contribution in [2.24, 2.45) is 17.6 Å². The highest BCUT2D eigenvalue weighted by Gasteiger charge is 2.42. The molecule has 3 unspecified atom stereocenters. The van der Waals surface area contributed by atoms with Crippen LogP contribution in [0, 0.1) is 11.8 Å². The average Bonchev–Trinajstić information content (AvgIpc) is 2.99. The Bertz CT molecular complexity index is 463. The van der Waals surface area contributed by atoms with Crippen molar-refractivity contribution in [3.63, 3.8) is 0 Å². The molecule has 0 bridgehead atoms. The van der Waals surface area contributed by atoms with Gasteiger partial charge in [0.15, 0.2) is 0 Å². The van der Waals surface area contributed by atoms with Crippen LogP contribution in [0.5, 0.6) is 0 Å². The average molecular weight is 295 g/mol. The van der Waals surface area contributed by atoms with Crippen molar-refractivity contribution in [3.8, 4) is 0 Å². The summed E-state index contributed by atoms with van der Waals surface area (Å²) in [7, 11) is 0. The van der Waals surface area contributed by atoms with Gasteiger partial charge in [-0.25, -0.2) is 0 Å². The number of amides is 1. The van der Waals surface area contributed by atoms with Gasteiger partial charge in [0.25, 0.3) is 0 Å². The van der Waals surface area contributed by atoms with E-state index in [9.17, 15) is 4.79 Å². The number of likely N-dealkylation sites (tertiary alicyclic amines) is 1. The minimum atomic E-state index is -0.903. The van der Waals surface area contributed by atoms with Gasteiger partial charge in [-0.1, -0.05) is 36.8 Å². The molecular weight excluding hydrogens is 272 g/mol. The lowest BCUT2D eigenvalue weighted by molar-refractivity contribution is -0.136. The summed E-state index contributed by atoms with van der Waals surface area (Å²) >= 11 is 0. The van der Waals surface area contributed by atoms with Crippen molar-refractivity contribution in [3.05, 3.63) is 35.9 Å². The minimum absolute atomic E-state index is 0. The molecule has 3 rings (SSSR count). The third kappa shape index (κ3) is 2.57. The van der Waals surface area contributed by atoms with Crippen LogP contribution in [0.15, 0.2) is 30.3 Å². The summed E-state index contributed by atoms with van der Waals surface area (Å²) in [5.74, 6) is 1.51. The van der Waals surface area contributed by atoms with Gasteiger partial charge in [0.05, 0.1) is 0 Å². The molecular formula is C16H23ClN2O. The maximum Gasteiger partial charge on any atom is 0.246 e. The summed E-state index contributed by atoms with van der Waals surface area (Å²) < 4.78 is 0. The van der Waals surface area contributed by atoms with Gasteiger partial charge in [-0.2, -0.15) is 0 Å². The number of halogens is 1. The molecule has 3 atom stereocenters. The molecule has 2 aliphatic rings. The number of nitrogens with zero attached hydrogens (tertiary/aromatic N) is 1. The van der Waals surface area contributed by atoms with Gasteiger partial charge in [0.1, 0.15) is 5.54 Å². The highest BCUT2D eigenvalue weighted by molar-refractivity contribution is 5.87. The maximum absolute atomic E-state index is 12.7. The number of fused-ring (bicyclic) bond motifs is 1. The minimum Gasteiger partial charge on any atom is -0.340 e. The van der Waals surface area contributed by atoms with Crippen molar-refractivity contribution in [2.45, 2.75) is 31.7 Å². The lowest BCUT2D eigenvalue weighted by Crippen LogP contribution is -2.50. The Labute approximate surface area is 126 Å². The normalized spacial score (nSPS) is 27.6. The number of hydrogen-bond donors (Lipinski definition) is 1. The zero-order valence-corrected chi connectivity index (χ0v) is 12.7. The highest BCUT2D eigenvalue weighted by atomic mass is 35.5. The first-order valence-corrected chi connectivity index (χ1v) is 7.23. The maximum atomic E-state index is 12.7. The van der Waals surface area contributed by atoms with Gasteiger partial charge in [0, 0.05) is 13.1 Å². The van der Waals surface area contributed by atoms with Crippen LogP contribution in [0.2, 0.25) is 0 Å². The first kappa shape index (κ1) is 15.3. The quantitative estimate of drug-likeness (QED) is 0.911. The van der Waals surface area contributed by atoms with Gasteiger partial charge < -0.3 is 10.6 Å². The second kappa shape index (κ2) is 5.74. The summed E-state index contributed by atoms with van der Waals surface area (Å²) in [6.45, 7) is 3.64. The molecule has 1 saturated heterocycles. The molecule has 1 saturated carbocycles. The number of benzene rings is 1. The van der Waals surface area contributed by atoms with Crippen molar-refractivity contribution in [1.82, 2.24) is 4.90 Å². The molecule has 110 valence electrons. The van der Waals surface area contributed by atoms with Crippen molar-refractivity contribution in [2.75, 3.05) is 13.1 Å². The molecule has 1 aromatic rings. The Morgan fingerprint density at radius 1 is 1.20 bits per heavy atom. The molecule has 1 aliphatic heterocycles. The summed E-state index contributed by atoms with van der Waals surface area (Å²) in [6, 6.07) is 9.70. The largest absolute Gasteiger partial charge is 0.340 e. The van der Waals surface area contributed by atoms with Gasteiger partial charge >= 0.3 is 0 Å². The molecule has 0 aromatic heterocycles. The van der Waals surface area contributed by atoms with Gasteiger partial charge in [-0.3, -0.25) is 4.79 Å². The van der Waals surface area contributed by atoms with E-state index in [4.69, 9.17) is 5.73 Å². The number of carbonyl (C=O) groups is 1. The van der Waals surface area contributed by atoms with Crippen LogP contribution in [0.3, 0.4) is 0 Å².